The van der Waals surface area contributed by atoms with E-state index in [-0.39, 0.29) is 0 Å². The Balaban J connectivity index is 2.50. The van der Waals surface area contributed by atoms with E-state index in [1.54, 1.807) is 0 Å². The molecule has 2 atom stereocenters. The maximum atomic E-state index is 3.69. The van der Waals surface area contributed by atoms with Gasteiger partial charge in [-0.1, -0.05) is 48.0 Å². The molecule has 21 heavy (non-hydrogen) atoms. The van der Waals surface area contributed by atoms with Gasteiger partial charge in [0.05, 0.1) is 0 Å². The van der Waals surface area contributed by atoms with Gasteiger partial charge in [-0.15, -0.1) is 0 Å². The second kappa shape index (κ2) is 9.15. The number of hydrogen-bond donors (Lipinski definition) is 1. The van der Waals surface area contributed by atoms with Crippen molar-refractivity contribution < 1.29 is 0 Å². The van der Waals surface area contributed by atoms with Crippen molar-refractivity contribution in [1.82, 2.24) is 10.2 Å². The molecule has 1 fully saturated rings. The van der Waals surface area contributed by atoms with E-state index in [9.17, 15) is 0 Å². The molecule has 1 N–H and O–H groups in total. The maximum absolute atomic E-state index is 3.69. The summed E-state index contributed by atoms with van der Waals surface area (Å²) in [7, 11) is 0. The van der Waals surface area contributed by atoms with Gasteiger partial charge in [-0.2, -0.15) is 0 Å². The highest BCUT2D eigenvalue weighted by molar-refractivity contribution is 4.82. The summed E-state index contributed by atoms with van der Waals surface area (Å²) in [6, 6.07) is 0.743. The SMILES string of the molecule is CCCC(CNCC(C)C)N1CCCC(C(C)(C)C)CC1. The topological polar surface area (TPSA) is 15.3 Å². The monoisotopic (exact) mass is 296 g/mol. The Morgan fingerprint density at radius 1 is 1.10 bits per heavy atom. The molecule has 2 nitrogen and oxygen atoms in total. The first-order chi connectivity index (χ1) is 9.84. The molecule has 0 aromatic carbocycles. The van der Waals surface area contributed by atoms with Gasteiger partial charge < -0.3 is 5.32 Å². The Bertz CT molecular complexity index is 267. The van der Waals surface area contributed by atoms with Crippen LogP contribution in [-0.2, 0) is 0 Å². The molecule has 2 heteroatoms. The van der Waals surface area contributed by atoms with Gasteiger partial charge in [0, 0.05) is 12.6 Å². The lowest BCUT2D eigenvalue weighted by molar-refractivity contribution is 0.171. The van der Waals surface area contributed by atoms with Gasteiger partial charge in [-0.05, 0) is 62.6 Å². The second-order valence-electron chi connectivity index (χ2n) is 8.52. The van der Waals surface area contributed by atoms with Crippen LogP contribution in [0.4, 0.5) is 0 Å². The van der Waals surface area contributed by atoms with Crippen molar-refractivity contribution in [2.45, 2.75) is 79.7 Å². The molecule has 0 radical (unpaired) electrons. The molecule has 0 aliphatic carbocycles. The van der Waals surface area contributed by atoms with Gasteiger partial charge in [0.1, 0.15) is 0 Å². The summed E-state index contributed by atoms with van der Waals surface area (Å²) in [6.07, 6.45) is 6.82. The Morgan fingerprint density at radius 3 is 2.38 bits per heavy atom. The number of nitrogens with one attached hydrogen (secondary N) is 1. The number of nitrogens with zero attached hydrogens (tertiary/aromatic N) is 1. The summed E-state index contributed by atoms with van der Waals surface area (Å²) in [6.45, 7) is 19.1. The third-order valence-corrected chi connectivity index (χ3v) is 5.06. The van der Waals surface area contributed by atoms with Crippen LogP contribution in [0.2, 0.25) is 0 Å². The first-order valence-electron chi connectivity index (χ1n) is 9.29. The zero-order chi connectivity index (χ0) is 15.9. The molecule has 1 heterocycles. The lowest BCUT2D eigenvalue weighted by Gasteiger charge is -2.32. The van der Waals surface area contributed by atoms with E-state index in [1.165, 1.54) is 51.7 Å². The van der Waals surface area contributed by atoms with Crippen molar-refractivity contribution in [3.05, 3.63) is 0 Å². The van der Waals surface area contributed by atoms with Crippen molar-refractivity contribution in [1.29, 1.82) is 0 Å². The van der Waals surface area contributed by atoms with Gasteiger partial charge in [-0.3, -0.25) is 4.90 Å². The highest BCUT2D eigenvalue weighted by Gasteiger charge is 2.28. The minimum atomic E-state index is 0.478. The van der Waals surface area contributed by atoms with E-state index in [0.29, 0.717) is 5.41 Å². The fourth-order valence-electron chi connectivity index (χ4n) is 3.64. The summed E-state index contributed by atoms with van der Waals surface area (Å²) in [5, 5.41) is 3.69. The van der Waals surface area contributed by atoms with E-state index in [0.717, 1.165) is 24.4 Å². The predicted octanol–water partition coefficient (Wildman–Crippen LogP) is 4.55. The summed E-state index contributed by atoms with van der Waals surface area (Å²) in [5.74, 6) is 1.65. The summed E-state index contributed by atoms with van der Waals surface area (Å²) >= 11 is 0. The molecule has 0 aromatic heterocycles. The second-order valence-corrected chi connectivity index (χ2v) is 8.52. The molecule has 126 valence electrons. The first-order valence-corrected chi connectivity index (χ1v) is 9.29. The molecule has 2 unspecified atom stereocenters. The Hall–Kier alpha value is -0.0800. The van der Waals surface area contributed by atoms with Crippen LogP contribution < -0.4 is 5.32 Å². The molecule has 1 saturated heterocycles. The van der Waals surface area contributed by atoms with Crippen LogP contribution in [0, 0.1) is 17.3 Å². The largest absolute Gasteiger partial charge is 0.315 e. The maximum Gasteiger partial charge on any atom is 0.0220 e. The van der Waals surface area contributed by atoms with Crippen molar-refractivity contribution in [3.63, 3.8) is 0 Å². The lowest BCUT2D eigenvalue weighted by atomic mass is 9.77. The van der Waals surface area contributed by atoms with Crippen LogP contribution in [0.1, 0.15) is 73.6 Å². The molecule has 1 aliphatic heterocycles. The van der Waals surface area contributed by atoms with Crippen LogP contribution in [-0.4, -0.2) is 37.1 Å². The molecule has 0 saturated carbocycles. The van der Waals surface area contributed by atoms with Gasteiger partial charge in [-0.25, -0.2) is 0 Å². The van der Waals surface area contributed by atoms with Gasteiger partial charge in [0.25, 0.3) is 0 Å². The summed E-state index contributed by atoms with van der Waals surface area (Å²) in [5.41, 5.74) is 0.478. The van der Waals surface area contributed by atoms with E-state index in [2.05, 4.69) is 51.8 Å². The Labute approximate surface area is 134 Å². The van der Waals surface area contributed by atoms with Gasteiger partial charge >= 0.3 is 0 Å². The molecule has 0 bridgehead atoms. The third-order valence-electron chi connectivity index (χ3n) is 5.06. The molecular weight excluding hydrogens is 256 g/mol. The minimum absolute atomic E-state index is 0.478. The van der Waals surface area contributed by atoms with Crippen molar-refractivity contribution in [2.75, 3.05) is 26.2 Å². The van der Waals surface area contributed by atoms with E-state index in [1.807, 2.05) is 0 Å². The fourth-order valence-corrected chi connectivity index (χ4v) is 3.64. The van der Waals surface area contributed by atoms with E-state index in [4.69, 9.17) is 0 Å². The molecular formula is C19H40N2. The number of likely N-dealkylation sites (tertiary alicyclic amines) is 1. The Kier molecular flexibility index (Phi) is 8.26. The molecule has 0 aromatic rings. The summed E-state index contributed by atoms with van der Waals surface area (Å²) < 4.78 is 0. The lowest BCUT2D eigenvalue weighted by Crippen LogP contribution is -2.43. The van der Waals surface area contributed by atoms with Crippen molar-refractivity contribution in [2.24, 2.45) is 17.3 Å². The molecule has 1 rings (SSSR count). The smallest absolute Gasteiger partial charge is 0.0220 e. The highest BCUT2D eigenvalue weighted by Crippen LogP contribution is 2.34. The summed E-state index contributed by atoms with van der Waals surface area (Å²) in [4.78, 5) is 2.78. The van der Waals surface area contributed by atoms with Crippen LogP contribution in [0.25, 0.3) is 0 Å². The van der Waals surface area contributed by atoms with E-state index >= 15 is 0 Å². The van der Waals surface area contributed by atoms with Crippen LogP contribution >= 0.6 is 0 Å². The zero-order valence-electron chi connectivity index (χ0n) is 15.5. The fraction of sp³-hybridized carbons (Fsp3) is 1.00. The zero-order valence-corrected chi connectivity index (χ0v) is 15.5. The normalized spacial score (nSPS) is 23.3. The molecule has 1 aliphatic rings. The third kappa shape index (κ3) is 7.15. The first kappa shape index (κ1) is 19.0. The van der Waals surface area contributed by atoms with Crippen LogP contribution in [0.3, 0.4) is 0 Å². The van der Waals surface area contributed by atoms with Gasteiger partial charge in [0.15, 0.2) is 0 Å². The number of hydrogen-bond acceptors (Lipinski definition) is 2. The predicted molar refractivity (Wildman–Crippen MR) is 94.8 cm³/mol. The van der Waals surface area contributed by atoms with E-state index < -0.39 is 0 Å². The van der Waals surface area contributed by atoms with Crippen molar-refractivity contribution >= 4 is 0 Å². The quantitative estimate of drug-likeness (QED) is 0.741. The van der Waals surface area contributed by atoms with Gasteiger partial charge in [0.2, 0.25) is 0 Å². The molecule has 0 amide bonds. The highest BCUT2D eigenvalue weighted by atomic mass is 15.2. The van der Waals surface area contributed by atoms with Crippen LogP contribution in [0.15, 0.2) is 0 Å². The number of rotatable bonds is 7. The average molecular weight is 297 g/mol. The standard InChI is InChI=1S/C19H40N2/c1-7-9-18(15-20-14-16(2)3)21-12-8-10-17(11-13-21)19(4,5)6/h16-18,20H,7-15H2,1-6H3. The Morgan fingerprint density at radius 2 is 1.81 bits per heavy atom. The minimum Gasteiger partial charge on any atom is -0.315 e. The van der Waals surface area contributed by atoms with Crippen molar-refractivity contribution in [3.8, 4) is 0 Å². The van der Waals surface area contributed by atoms with Crippen LogP contribution in [0.5, 0.6) is 0 Å². The molecule has 0 spiro atoms. The average Bonchev–Trinajstić information content (AvgIpc) is 2.62.